The highest BCUT2D eigenvalue weighted by molar-refractivity contribution is 7.92. The molecular weight excluding hydrogens is 710 g/mol. The van der Waals surface area contributed by atoms with Gasteiger partial charge in [0.15, 0.2) is 0 Å². The van der Waals surface area contributed by atoms with Crippen LogP contribution in [-0.4, -0.2) is 43.8 Å². The molecule has 0 spiro atoms. The van der Waals surface area contributed by atoms with Crippen molar-refractivity contribution in [2.75, 3.05) is 10.8 Å². The number of anilines is 1. The SMILES string of the molecule is Cc1ccc(S(=O)(=O)N(CC(=O)N(Cc2ccc(Cl)c(Cl)c2)[C@@H](Cc2ccccc2)C(=O)NC2CCCC2)c2cccc(C(F)(F)F)c2)cc1. The summed E-state index contributed by atoms with van der Waals surface area (Å²) < 4.78 is 70.6. The second-order valence-corrected chi connectivity index (χ2v) is 15.0. The molecule has 4 aromatic rings. The molecule has 1 saturated carbocycles. The summed E-state index contributed by atoms with van der Waals surface area (Å²) in [5.41, 5.74) is 0.561. The average Bonchev–Trinajstić information content (AvgIpc) is 3.60. The molecule has 0 bridgehead atoms. The topological polar surface area (TPSA) is 86.8 Å². The predicted octanol–water partition coefficient (Wildman–Crippen LogP) is 8.21. The van der Waals surface area contributed by atoms with E-state index >= 15 is 0 Å². The lowest BCUT2D eigenvalue weighted by atomic mass is 10.0. The first-order valence-electron chi connectivity index (χ1n) is 16.1. The van der Waals surface area contributed by atoms with Gasteiger partial charge in [-0.3, -0.25) is 13.9 Å². The molecule has 4 aromatic carbocycles. The summed E-state index contributed by atoms with van der Waals surface area (Å²) >= 11 is 12.5. The molecule has 0 radical (unpaired) electrons. The van der Waals surface area contributed by atoms with Gasteiger partial charge in [0.25, 0.3) is 10.0 Å². The maximum atomic E-state index is 14.6. The van der Waals surface area contributed by atoms with Crippen molar-refractivity contribution in [2.24, 2.45) is 0 Å². The van der Waals surface area contributed by atoms with E-state index in [9.17, 15) is 31.2 Å². The lowest BCUT2D eigenvalue weighted by molar-refractivity contribution is -0.140. The van der Waals surface area contributed by atoms with E-state index in [1.165, 1.54) is 23.1 Å². The van der Waals surface area contributed by atoms with Gasteiger partial charge >= 0.3 is 6.18 Å². The largest absolute Gasteiger partial charge is 0.416 e. The molecule has 0 aromatic heterocycles. The number of rotatable bonds is 12. The van der Waals surface area contributed by atoms with E-state index in [1.807, 2.05) is 18.2 Å². The summed E-state index contributed by atoms with van der Waals surface area (Å²) in [5.74, 6) is -1.24. The van der Waals surface area contributed by atoms with Gasteiger partial charge in [0.05, 0.1) is 26.2 Å². The van der Waals surface area contributed by atoms with Crippen molar-refractivity contribution in [1.82, 2.24) is 10.2 Å². The van der Waals surface area contributed by atoms with Crippen molar-refractivity contribution >= 4 is 50.7 Å². The molecule has 1 atom stereocenters. The quantitative estimate of drug-likeness (QED) is 0.158. The van der Waals surface area contributed by atoms with Crippen LogP contribution in [0.4, 0.5) is 18.9 Å². The van der Waals surface area contributed by atoms with Crippen molar-refractivity contribution in [2.45, 2.75) is 68.7 Å². The summed E-state index contributed by atoms with van der Waals surface area (Å²) in [7, 11) is -4.59. The highest BCUT2D eigenvalue weighted by Crippen LogP contribution is 2.34. The maximum Gasteiger partial charge on any atom is 0.416 e. The Hall–Kier alpha value is -4.06. The van der Waals surface area contributed by atoms with E-state index in [1.54, 1.807) is 49.4 Å². The zero-order valence-corrected chi connectivity index (χ0v) is 29.5. The van der Waals surface area contributed by atoms with Gasteiger partial charge in [0.2, 0.25) is 11.8 Å². The second-order valence-electron chi connectivity index (χ2n) is 12.3. The van der Waals surface area contributed by atoms with Gasteiger partial charge in [-0.2, -0.15) is 13.2 Å². The number of benzene rings is 4. The number of hydrogen-bond donors (Lipinski definition) is 1. The number of amides is 2. The number of carbonyl (C=O) groups excluding carboxylic acids is 2. The van der Waals surface area contributed by atoms with Crippen LogP contribution in [0.2, 0.25) is 10.0 Å². The minimum Gasteiger partial charge on any atom is -0.352 e. The first-order valence-corrected chi connectivity index (χ1v) is 18.3. The molecule has 50 heavy (non-hydrogen) atoms. The fourth-order valence-corrected chi connectivity index (χ4v) is 7.69. The molecule has 0 heterocycles. The maximum absolute atomic E-state index is 14.6. The third kappa shape index (κ3) is 9.18. The van der Waals surface area contributed by atoms with E-state index < -0.39 is 46.2 Å². The third-order valence-electron chi connectivity index (χ3n) is 8.66. The number of hydrogen-bond acceptors (Lipinski definition) is 4. The van der Waals surface area contributed by atoms with Crippen LogP contribution >= 0.6 is 23.2 Å². The van der Waals surface area contributed by atoms with Crippen LogP contribution in [-0.2, 0) is 38.8 Å². The van der Waals surface area contributed by atoms with Crippen molar-refractivity contribution in [3.8, 4) is 0 Å². The fraction of sp³-hybridized carbons (Fsp3) is 0.297. The molecule has 0 aliphatic heterocycles. The predicted molar refractivity (Wildman–Crippen MR) is 188 cm³/mol. The Morgan fingerprint density at radius 3 is 2.18 bits per heavy atom. The first kappa shape index (κ1) is 37.2. The summed E-state index contributed by atoms with van der Waals surface area (Å²) in [6.07, 6.45) is -1.24. The second kappa shape index (κ2) is 15.9. The van der Waals surface area contributed by atoms with Crippen LogP contribution in [0.3, 0.4) is 0 Å². The van der Waals surface area contributed by atoms with Gasteiger partial charge in [-0.1, -0.05) is 96.2 Å². The minimum atomic E-state index is -4.78. The summed E-state index contributed by atoms with van der Waals surface area (Å²) in [6, 6.07) is 22.1. The average molecular weight is 747 g/mol. The highest BCUT2D eigenvalue weighted by atomic mass is 35.5. The molecule has 1 aliphatic rings. The number of halogens is 5. The van der Waals surface area contributed by atoms with Crippen LogP contribution in [0.1, 0.15) is 47.9 Å². The number of carbonyl (C=O) groups is 2. The summed E-state index contributed by atoms with van der Waals surface area (Å²) in [4.78, 5) is 29.8. The minimum absolute atomic E-state index is 0.0841. The zero-order chi connectivity index (χ0) is 36.1. The van der Waals surface area contributed by atoms with Gasteiger partial charge in [-0.05, 0) is 73.4 Å². The van der Waals surface area contributed by atoms with E-state index in [-0.39, 0.29) is 39.6 Å². The van der Waals surface area contributed by atoms with Crippen LogP contribution < -0.4 is 9.62 Å². The first-order chi connectivity index (χ1) is 23.7. The molecule has 7 nitrogen and oxygen atoms in total. The number of nitrogens with zero attached hydrogens (tertiary/aromatic N) is 2. The van der Waals surface area contributed by atoms with Crippen molar-refractivity contribution in [3.63, 3.8) is 0 Å². The molecule has 13 heteroatoms. The molecule has 2 amide bonds. The van der Waals surface area contributed by atoms with E-state index in [4.69, 9.17) is 23.2 Å². The van der Waals surface area contributed by atoms with E-state index in [0.717, 1.165) is 48.9 Å². The van der Waals surface area contributed by atoms with Crippen LogP contribution in [0, 0.1) is 6.92 Å². The van der Waals surface area contributed by atoms with Crippen molar-refractivity contribution in [3.05, 3.63) is 129 Å². The smallest absolute Gasteiger partial charge is 0.352 e. The molecule has 0 saturated heterocycles. The normalized spacial score (nSPS) is 14.3. The van der Waals surface area contributed by atoms with E-state index in [2.05, 4.69) is 5.32 Å². The Morgan fingerprint density at radius 1 is 0.860 bits per heavy atom. The monoisotopic (exact) mass is 745 g/mol. The number of nitrogens with one attached hydrogen (secondary N) is 1. The molecule has 264 valence electrons. The third-order valence-corrected chi connectivity index (χ3v) is 11.2. The molecule has 1 fully saturated rings. The van der Waals surface area contributed by atoms with Gasteiger partial charge in [-0.15, -0.1) is 0 Å². The highest BCUT2D eigenvalue weighted by Gasteiger charge is 2.37. The van der Waals surface area contributed by atoms with Crippen LogP contribution in [0.5, 0.6) is 0 Å². The van der Waals surface area contributed by atoms with E-state index in [0.29, 0.717) is 15.9 Å². The Kier molecular flexibility index (Phi) is 11.8. The molecule has 1 aliphatic carbocycles. The Bertz CT molecular complexity index is 1920. The number of sulfonamides is 1. The molecular formula is C37H36Cl2F3N3O4S. The Morgan fingerprint density at radius 2 is 1.54 bits per heavy atom. The molecule has 0 unspecified atom stereocenters. The molecule has 5 rings (SSSR count). The fourth-order valence-electron chi connectivity index (χ4n) is 5.96. The standard InChI is InChI=1S/C37H36Cl2F3N3O4S/c1-25-14-17-31(18-15-25)50(48,49)45(30-13-7-10-28(22-30)37(40,41)42)24-35(46)44(23-27-16-19-32(38)33(39)20-27)34(21-26-8-3-2-4-9-26)36(47)43-29-11-5-6-12-29/h2-4,7-10,13-20,22,29,34H,5-6,11-12,21,23-24H2,1H3,(H,43,47)/t34-/m0/s1. The number of aryl methyl sites for hydroxylation is 1. The molecule has 1 N–H and O–H groups in total. The van der Waals surface area contributed by atoms with Gasteiger partial charge in [0.1, 0.15) is 12.6 Å². The Balaban J connectivity index is 1.61. The van der Waals surface area contributed by atoms with Gasteiger partial charge in [-0.25, -0.2) is 8.42 Å². The van der Waals surface area contributed by atoms with Crippen molar-refractivity contribution < 1.29 is 31.2 Å². The summed E-state index contributed by atoms with van der Waals surface area (Å²) in [5, 5.41) is 3.55. The zero-order valence-electron chi connectivity index (χ0n) is 27.2. The summed E-state index contributed by atoms with van der Waals surface area (Å²) in [6.45, 7) is 0.683. The van der Waals surface area contributed by atoms with Gasteiger partial charge in [0, 0.05) is 19.0 Å². The lowest BCUT2D eigenvalue weighted by Crippen LogP contribution is -2.54. The van der Waals surface area contributed by atoms with Gasteiger partial charge < -0.3 is 10.2 Å². The number of alkyl halides is 3. The van der Waals surface area contributed by atoms with Crippen LogP contribution in [0.15, 0.2) is 102 Å². The Labute approximate surface area is 300 Å². The van der Waals surface area contributed by atoms with Crippen LogP contribution in [0.25, 0.3) is 0 Å². The van der Waals surface area contributed by atoms with Crippen molar-refractivity contribution in [1.29, 1.82) is 0 Å². The lowest BCUT2D eigenvalue weighted by Gasteiger charge is -2.34.